The molecule has 0 aromatic heterocycles. The van der Waals surface area contributed by atoms with Gasteiger partial charge in [0, 0.05) is 7.05 Å². The largest absolute Gasteiger partial charge is 0.480 e. The molecule has 1 aliphatic rings. The third-order valence-electron chi connectivity index (χ3n) is 3.68. The summed E-state index contributed by atoms with van der Waals surface area (Å²) in [4.78, 5) is 24.5. The van der Waals surface area contributed by atoms with Crippen LogP contribution in [0.5, 0.6) is 0 Å². The Bertz CT molecular complexity index is 322. The number of hydrogen-bond donors (Lipinski definition) is 3. The number of carbonyl (C=O) groups is 2. The molecule has 110 valence electrons. The zero-order valence-electron chi connectivity index (χ0n) is 11.6. The summed E-state index contributed by atoms with van der Waals surface area (Å²) >= 11 is 0. The highest BCUT2D eigenvalue weighted by atomic mass is 16.4. The molecular weight excluding hydrogens is 248 g/mol. The highest BCUT2D eigenvalue weighted by Gasteiger charge is 2.30. The summed E-state index contributed by atoms with van der Waals surface area (Å²) in [5.41, 5.74) is 0. The van der Waals surface area contributed by atoms with E-state index in [1.165, 1.54) is 4.90 Å². The summed E-state index contributed by atoms with van der Waals surface area (Å²) in [5.74, 6) is -1.02. The Morgan fingerprint density at radius 2 is 2.00 bits per heavy atom. The van der Waals surface area contributed by atoms with Crippen LogP contribution >= 0.6 is 0 Å². The van der Waals surface area contributed by atoms with Crippen LogP contribution in [0.1, 0.15) is 45.4 Å². The number of likely N-dealkylation sites (N-methyl/N-ethyl adjacent to an activating group) is 1. The minimum Gasteiger partial charge on any atom is -0.480 e. The first-order chi connectivity index (χ1) is 8.97. The molecule has 3 N–H and O–H groups in total. The molecule has 6 nitrogen and oxygen atoms in total. The number of nitrogens with one attached hydrogen (secondary N) is 1. The lowest BCUT2D eigenvalue weighted by Crippen LogP contribution is -2.53. The summed E-state index contributed by atoms with van der Waals surface area (Å²) in [7, 11) is 1.61. The molecule has 3 atom stereocenters. The zero-order valence-corrected chi connectivity index (χ0v) is 11.6. The number of rotatable bonds is 5. The Kier molecular flexibility index (Phi) is 6.08. The van der Waals surface area contributed by atoms with Gasteiger partial charge >= 0.3 is 12.0 Å². The van der Waals surface area contributed by atoms with Crippen LogP contribution in [0.4, 0.5) is 4.79 Å². The average Bonchev–Trinajstić information content (AvgIpc) is 2.37. The fraction of sp³-hybridized carbons (Fsp3) is 0.846. The number of amides is 2. The number of hydrogen-bond acceptors (Lipinski definition) is 3. The van der Waals surface area contributed by atoms with E-state index in [2.05, 4.69) is 5.32 Å². The van der Waals surface area contributed by atoms with Crippen molar-refractivity contribution in [3.63, 3.8) is 0 Å². The molecule has 19 heavy (non-hydrogen) atoms. The summed E-state index contributed by atoms with van der Waals surface area (Å²) in [6.07, 6.45) is 3.99. The van der Waals surface area contributed by atoms with Crippen molar-refractivity contribution in [2.75, 3.05) is 7.05 Å². The van der Waals surface area contributed by atoms with E-state index in [1.807, 2.05) is 6.92 Å². The van der Waals surface area contributed by atoms with Crippen LogP contribution in [-0.2, 0) is 4.79 Å². The van der Waals surface area contributed by atoms with E-state index in [4.69, 9.17) is 5.11 Å². The van der Waals surface area contributed by atoms with Gasteiger partial charge in [0.2, 0.25) is 0 Å². The number of aliphatic hydroxyl groups is 1. The van der Waals surface area contributed by atoms with E-state index in [1.54, 1.807) is 7.05 Å². The predicted octanol–water partition coefficient (Wildman–Crippen LogP) is 1.18. The van der Waals surface area contributed by atoms with E-state index >= 15 is 0 Å². The topological polar surface area (TPSA) is 89.9 Å². The van der Waals surface area contributed by atoms with E-state index in [0.717, 1.165) is 19.3 Å². The van der Waals surface area contributed by atoms with Crippen LogP contribution in [0.15, 0.2) is 0 Å². The lowest BCUT2D eigenvalue weighted by molar-refractivity contribution is -0.139. The summed E-state index contributed by atoms with van der Waals surface area (Å²) in [5, 5.41) is 21.4. The van der Waals surface area contributed by atoms with Gasteiger partial charge in [-0.3, -0.25) is 0 Å². The number of urea groups is 1. The van der Waals surface area contributed by atoms with Crippen molar-refractivity contribution < 1.29 is 19.8 Å². The lowest BCUT2D eigenvalue weighted by Gasteiger charge is -2.35. The first kappa shape index (κ1) is 15.8. The minimum atomic E-state index is -1.02. The Labute approximate surface area is 113 Å². The van der Waals surface area contributed by atoms with E-state index in [9.17, 15) is 14.7 Å². The Hall–Kier alpha value is -1.30. The number of nitrogens with zero attached hydrogens (tertiary/aromatic N) is 1. The van der Waals surface area contributed by atoms with E-state index in [-0.39, 0.29) is 6.04 Å². The molecule has 1 rings (SSSR count). The van der Waals surface area contributed by atoms with E-state index in [0.29, 0.717) is 19.3 Å². The average molecular weight is 272 g/mol. The number of carbonyl (C=O) groups excluding carboxylic acids is 1. The van der Waals surface area contributed by atoms with Gasteiger partial charge in [-0.25, -0.2) is 9.59 Å². The molecule has 0 spiro atoms. The predicted molar refractivity (Wildman–Crippen MR) is 70.9 cm³/mol. The molecule has 0 aromatic carbocycles. The number of carboxylic acid groups (broad SMARTS) is 1. The zero-order chi connectivity index (χ0) is 14.4. The van der Waals surface area contributed by atoms with Crippen molar-refractivity contribution in [1.29, 1.82) is 0 Å². The maximum atomic E-state index is 12.0. The number of aliphatic hydroxyl groups excluding tert-OH is 1. The molecule has 1 fully saturated rings. The molecule has 0 saturated heterocycles. The molecule has 0 aromatic rings. The monoisotopic (exact) mass is 272 g/mol. The molecule has 0 heterocycles. The molecule has 0 aliphatic heterocycles. The van der Waals surface area contributed by atoms with Crippen LogP contribution in [0, 0.1) is 0 Å². The second-order valence-electron chi connectivity index (χ2n) is 5.16. The van der Waals surface area contributed by atoms with Gasteiger partial charge in [0.1, 0.15) is 6.04 Å². The summed E-state index contributed by atoms with van der Waals surface area (Å²) in [6, 6.07) is -1.50. The summed E-state index contributed by atoms with van der Waals surface area (Å²) < 4.78 is 0. The van der Waals surface area contributed by atoms with Gasteiger partial charge in [0.05, 0.1) is 12.1 Å². The maximum Gasteiger partial charge on any atom is 0.326 e. The normalized spacial score (nSPS) is 24.6. The van der Waals surface area contributed by atoms with Gasteiger partial charge < -0.3 is 20.4 Å². The first-order valence-corrected chi connectivity index (χ1v) is 6.91. The summed E-state index contributed by atoms with van der Waals surface area (Å²) in [6.45, 7) is 1.87. The second-order valence-corrected chi connectivity index (χ2v) is 5.16. The molecular formula is C13H24N2O4. The Balaban J connectivity index is 2.57. The van der Waals surface area contributed by atoms with Crippen LogP contribution < -0.4 is 5.32 Å². The van der Waals surface area contributed by atoms with Crippen molar-refractivity contribution in [1.82, 2.24) is 10.2 Å². The first-order valence-electron chi connectivity index (χ1n) is 6.91. The third-order valence-corrected chi connectivity index (χ3v) is 3.68. The van der Waals surface area contributed by atoms with Gasteiger partial charge in [0.15, 0.2) is 0 Å². The smallest absolute Gasteiger partial charge is 0.326 e. The molecule has 1 saturated carbocycles. The third kappa shape index (κ3) is 4.38. The molecule has 1 aliphatic carbocycles. The van der Waals surface area contributed by atoms with Crippen molar-refractivity contribution >= 4 is 12.0 Å². The molecule has 6 heteroatoms. The lowest BCUT2D eigenvalue weighted by atomic mass is 9.92. The maximum absolute atomic E-state index is 12.0. The van der Waals surface area contributed by atoms with Crippen LogP contribution in [0.25, 0.3) is 0 Å². The fourth-order valence-corrected chi connectivity index (χ4v) is 2.49. The molecule has 2 amide bonds. The van der Waals surface area contributed by atoms with Crippen molar-refractivity contribution in [2.45, 2.75) is 63.6 Å². The van der Waals surface area contributed by atoms with Crippen molar-refractivity contribution in [2.24, 2.45) is 0 Å². The van der Waals surface area contributed by atoms with Crippen LogP contribution in [-0.4, -0.2) is 52.3 Å². The van der Waals surface area contributed by atoms with Crippen LogP contribution in [0.2, 0.25) is 0 Å². The van der Waals surface area contributed by atoms with Gasteiger partial charge in [-0.2, -0.15) is 0 Å². The quantitative estimate of drug-likeness (QED) is 0.701. The van der Waals surface area contributed by atoms with Crippen molar-refractivity contribution in [3.8, 4) is 0 Å². The van der Waals surface area contributed by atoms with Gasteiger partial charge in [-0.05, 0) is 19.3 Å². The van der Waals surface area contributed by atoms with Crippen LogP contribution in [0.3, 0.4) is 0 Å². The Morgan fingerprint density at radius 3 is 2.53 bits per heavy atom. The van der Waals surface area contributed by atoms with Gasteiger partial charge in [-0.1, -0.05) is 26.2 Å². The highest BCUT2D eigenvalue weighted by Crippen LogP contribution is 2.22. The van der Waals surface area contributed by atoms with Gasteiger partial charge in [-0.15, -0.1) is 0 Å². The molecule has 0 radical (unpaired) electrons. The fourth-order valence-electron chi connectivity index (χ4n) is 2.49. The van der Waals surface area contributed by atoms with Gasteiger partial charge in [0.25, 0.3) is 0 Å². The number of carboxylic acids is 1. The SMILES string of the molecule is CCC[C@H](NC(=O)N(C)C1CCCCC1O)C(=O)O. The van der Waals surface area contributed by atoms with Crippen molar-refractivity contribution in [3.05, 3.63) is 0 Å². The second kappa shape index (κ2) is 7.33. The highest BCUT2D eigenvalue weighted by molar-refractivity contribution is 5.82. The molecule has 2 unspecified atom stereocenters. The number of aliphatic carboxylic acids is 1. The molecule has 0 bridgehead atoms. The van der Waals surface area contributed by atoms with E-state index < -0.39 is 24.1 Å². The standard InChI is InChI=1S/C13H24N2O4/c1-3-6-9(12(17)18)14-13(19)15(2)10-7-4-5-8-11(10)16/h9-11,16H,3-8H2,1-2H3,(H,14,19)(H,17,18)/t9-,10?,11?/m0/s1. The Morgan fingerprint density at radius 1 is 1.37 bits per heavy atom. The minimum absolute atomic E-state index is 0.218.